The molecule has 1 aromatic carbocycles. The summed E-state index contributed by atoms with van der Waals surface area (Å²) in [6, 6.07) is 8.04. The minimum absolute atomic E-state index is 0.210. The number of anilines is 1. The first-order chi connectivity index (χ1) is 11.7. The second-order valence-electron chi connectivity index (χ2n) is 5.94. The number of piperidine rings is 1. The quantitative estimate of drug-likeness (QED) is 0.916. The van der Waals surface area contributed by atoms with Crippen molar-refractivity contribution in [3.63, 3.8) is 0 Å². The van der Waals surface area contributed by atoms with Crippen LogP contribution in [0.1, 0.15) is 35.3 Å². The van der Waals surface area contributed by atoms with E-state index in [1.807, 2.05) is 0 Å². The molecule has 1 N–H and O–H groups in total. The maximum atomic E-state index is 12.9. The van der Waals surface area contributed by atoms with Gasteiger partial charge in [0.1, 0.15) is 23.7 Å². The topological polar surface area (TPSA) is 58.1 Å². The van der Waals surface area contributed by atoms with E-state index >= 15 is 0 Å². The molecule has 1 aliphatic heterocycles. The number of rotatable bonds is 5. The zero-order chi connectivity index (χ0) is 16.8. The molecule has 0 radical (unpaired) electrons. The number of amides is 1. The Bertz CT molecular complexity index is 684. The molecule has 2 aromatic rings. The third-order valence-electron chi connectivity index (χ3n) is 4.18. The summed E-state index contributed by atoms with van der Waals surface area (Å²) in [4.78, 5) is 22.8. The lowest BCUT2D eigenvalue weighted by Crippen LogP contribution is -2.31. The van der Waals surface area contributed by atoms with Gasteiger partial charge in [-0.05, 0) is 43.4 Å². The zero-order valence-electron chi connectivity index (χ0n) is 13.5. The minimum atomic E-state index is -0.256. The highest BCUT2D eigenvalue weighted by Gasteiger charge is 2.15. The Balaban J connectivity index is 1.55. The van der Waals surface area contributed by atoms with E-state index in [0.717, 1.165) is 37.3 Å². The van der Waals surface area contributed by atoms with Gasteiger partial charge in [-0.1, -0.05) is 12.1 Å². The second kappa shape index (κ2) is 7.86. The van der Waals surface area contributed by atoms with Gasteiger partial charge in [-0.15, -0.1) is 0 Å². The molecule has 0 unspecified atom stereocenters. The Hall–Kier alpha value is -2.50. The smallest absolute Gasteiger partial charge is 0.270 e. The number of nitrogens with one attached hydrogen (secondary N) is 1. The summed E-state index contributed by atoms with van der Waals surface area (Å²) in [7, 11) is 0. The van der Waals surface area contributed by atoms with Crippen molar-refractivity contribution >= 4 is 11.7 Å². The van der Waals surface area contributed by atoms with Gasteiger partial charge in [-0.2, -0.15) is 0 Å². The highest BCUT2D eigenvalue weighted by atomic mass is 19.1. The lowest BCUT2D eigenvalue weighted by Gasteiger charge is -2.27. The first-order valence-corrected chi connectivity index (χ1v) is 8.32. The molecule has 1 amide bonds. The standard InChI is InChI=1S/C18H21FN4O/c19-15-6-4-14(5-7-15)8-9-20-18(24)16-12-17(22-13-21-16)23-10-2-1-3-11-23/h4-7,12-13H,1-3,8-11H2,(H,20,24). The molecule has 24 heavy (non-hydrogen) atoms. The van der Waals surface area contributed by atoms with Gasteiger partial charge in [-0.25, -0.2) is 14.4 Å². The Morgan fingerprint density at radius 2 is 1.88 bits per heavy atom. The summed E-state index contributed by atoms with van der Waals surface area (Å²) >= 11 is 0. The van der Waals surface area contributed by atoms with Crippen LogP contribution in [-0.4, -0.2) is 35.5 Å². The molecule has 126 valence electrons. The summed E-state index contributed by atoms with van der Waals surface area (Å²) in [6.45, 7) is 2.43. The van der Waals surface area contributed by atoms with E-state index in [0.29, 0.717) is 18.7 Å². The molecule has 1 fully saturated rings. The highest BCUT2D eigenvalue weighted by Crippen LogP contribution is 2.17. The normalized spacial score (nSPS) is 14.5. The molecular formula is C18H21FN4O. The molecule has 0 saturated carbocycles. The number of halogens is 1. The largest absolute Gasteiger partial charge is 0.357 e. The Kier molecular flexibility index (Phi) is 5.36. The monoisotopic (exact) mass is 328 g/mol. The molecular weight excluding hydrogens is 307 g/mol. The number of carbonyl (C=O) groups is 1. The van der Waals surface area contributed by atoms with Gasteiger partial charge in [0, 0.05) is 25.7 Å². The van der Waals surface area contributed by atoms with Gasteiger partial charge in [0.05, 0.1) is 0 Å². The number of benzene rings is 1. The SMILES string of the molecule is O=C(NCCc1ccc(F)cc1)c1cc(N2CCCCC2)ncn1. The van der Waals surface area contributed by atoms with Crippen LogP contribution in [0.5, 0.6) is 0 Å². The van der Waals surface area contributed by atoms with Crippen molar-refractivity contribution in [1.82, 2.24) is 15.3 Å². The summed E-state index contributed by atoms with van der Waals surface area (Å²) in [5.74, 6) is 0.347. The van der Waals surface area contributed by atoms with Crippen molar-refractivity contribution in [1.29, 1.82) is 0 Å². The molecule has 1 saturated heterocycles. The highest BCUT2D eigenvalue weighted by molar-refractivity contribution is 5.92. The lowest BCUT2D eigenvalue weighted by molar-refractivity contribution is 0.0949. The molecule has 5 nitrogen and oxygen atoms in total. The summed E-state index contributed by atoms with van der Waals surface area (Å²) < 4.78 is 12.9. The first-order valence-electron chi connectivity index (χ1n) is 8.32. The predicted molar refractivity (Wildman–Crippen MR) is 90.5 cm³/mol. The Labute approximate surface area is 140 Å². The average Bonchev–Trinajstić information content (AvgIpc) is 2.64. The van der Waals surface area contributed by atoms with E-state index in [-0.39, 0.29) is 11.7 Å². The third kappa shape index (κ3) is 4.28. The van der Waals surface area contributed by atoms with Crippen LogP contribution < -0.4 is 10.2 Å². The van der Waals surface area contributed by atoms with Gasteiger partial charge in [-0.3, -0.25) is 4.79 Å². The van der Waals surface area contributed by atoms with Crippen molar-refractivity contribution in [3.8, 4) is 0 Å². The molecule has 6 heteroatoms. The van der Waals surface area contributed by atoms with E-state index in [9.17, 15) is 9.18 Å². The predicted octanol–water partition coefficient (Wildman–Crippen LogP) is 2.58. The van der Waals surface area contributed by atoms with Gasteiger partial charge in [0.15, 0.2) is 0 Å². The van der Waals surface area contributed by atoms with E-state index in [1.165, 1.54) is 24.9 Å². The van der Waals surface area contributed by atoms with Crippen LogP contribution in [0.3, 0.4) is 0 Å². The number of hydrogen-bond donors (Lipinski definition) is 1. The van der Waals surface area contributed by atoms with Crippen LogP contribution in [0.15, 0.2) is 36.7 Å². The van der Waals surface area contributed by atoms with Gasteiger partial charge in [0.2, 0.25) is 0 Å². The number of carbonyl (C=O) groups excluding carboxylic acids is 1. The van der Waals surface area contributed by atoms with Crippen LogP contribution in [-0.2, 0) is 6.42 Å². The molecule has 0 atom stereocenters. The second-order valence-corrected chi connectivity index (χ2v) is 5.94. The van der Waals surface area contributed by atoms with Crippen molar-refractivity contribution in [2.45, 2.75) is 25.7 Å². The number of hydrogen-bond acceptors (Lipinski definition) is 4. The molecule has 0 bridgehead atoms. The lowest BCUT2D eigenvalue weighted by atomic mass is 10.1. The van der Waals surface area contributed by atoms with E-state index in [1.54, 1.807) is 18.2 Å². The molecule has 0 aliphatic carbocycles. The third-order valence-corrected chi connectivity index (χ3v) is 4.18. The fourth-order valence-corrected chi connectivity index (χ4v) is 2.83. The van der Waals surface area contributed by atoms with Crippen LogP contribution >= 0.6 is 0 Å². The van der Waals surface area contributed by atoms with E-state index in [4.69, 9.17) is 0 Å². The van der Waals surface area contributed by atoms with Gasteiger partial charge >= 0.3 is 0 Å². The fourth-order valence-electron chi connectivity index (χ4n) is 2.83. The maximum absolute atomic E-state index is 12.9. The van der Waals surface area contributed by atoms with Crippen molar-refractivity contribution in [2.75, 3.05) is 24.5 Å². The van der Waals surface area contributed by atoms with Crippen molar-refractivity contribution < 1.29 is 9.18 Å². The minimum Gasteiger partial charge on any atom is -0.357 e. The van der Waals surface area contributed by atoms with Crippen LogP contribution in [0.4, 0.5) is 10.2 Å². The average molecular weight is 328 g/mol. The summed E-state index contributed by atoms with van der Waals surface area (Å²) in [5.41, 5.74) is 1.36. The molecule has 0 spiro atoms. The zero-order valence-corrected chi connectivity index (χ0v) is 13.5. The van der Waals surface area contributed by atoms with Crippen LogP contribution in [0, 0.1) is 5.82 Å². The number of nitrogens with zero attached hydrogens (tertiary/aromatic N) is 3. The first kappa shape index (κ1) is 16.4. The molecule has 1 aromatic heterocycles. The van der Waals surface area contributed by atoms with Gasteiger partial charge < -0.3 is 10.2 Å². The fraction of sp³-hybridized carbons (Fsp3) is 0.389. The Morgan fingerprint density at radius 3 is 2.62 bits per heavy atom. The van der Waals surface area contributed by atoms with E-state index in [2.05, 4.69) is 20.2 Å². The molecule has 3 rings (SSSR count). The van der Waals surface area contributed by atoms with Gasteiger partial charge in [0.25, 0.3) is 5.91 Å². The maximum Gasteiger partial charge on any atom is 0.270 e. The summed E-state index contributed by atoms with van der Waals surface area (Å²) in [6.07, 6.45) is 5.65. The molecule has 2 heterocycles. The molecule has 1 aliphatic rings. The van der Waals surface area contributed by atoms with Crippen molar-refractivity contribution in [2.24, 2.45) is 0 Å². The Morgan fingerprint density at radius 1 is 1.12 bits per heavy atom. The van der Waals surface area contributed by atoms with Crippen LogP contribution in [0.25, 0.3) is 0 Å². The van der Waals surface area contributed by atoms with Crippen molar-refractivity contribution in [3.05, 3.63) is 53.7 Å². The number of aromatic nitrogens is 2. The summed E-state index contributed by atoms with van der Waals surface area (Å²) in [5, 5.41) is 2.85. The van der Waals surface area contributed by atoms with E-state index < -0.39 is 0 Å². The van der Waals surface area contributed by atoms with Crippen LogP contribution in [0.2, 0.25) is 0 Å².